The maximum absolute atomic E-state index is 12.8. The number of hydrogen-bond acceptors (Lipinski definition) is 5. The fourth-order valence-corrected chi connectivity index (χ4v) is 3.06. The largest absolute Gasteiger partial charge is 0.455 e. The molecule has 3 heterocycles. The molecule has 6 nitrogen and oxygen atoms in total. The Morgan fingerprint density at radius 3 is 2.88 bits per heavy atom. The highest BCUT2D eigenvalue weighted by Gasteiger charge is 2.21. The topological polar surface area (TPSA) is 58.8 Å². The summed E-state index contributed by atoms with van der Waals surface area (Å²) >= 11 is 0. The van der Waals surface area contributed by atoms with Gasteiger partial charge < -0.3 is 14.1 Å². The molecule has 2 aromatic rings. The number of carbonyl (C=O) groups excluding carboxylic acids is 1. The third-order valence-corrected chi connectivity index (χ3v) is 4.40. The molecule has 1 aliphatic rings. The highest BCUT2D eigenvalue weighted by atomic mass is 16.5. The van der Waals surface area contributed by atoms with Crippen molar-refractivity contribution >= 4 is 5.91 Å². The smallest absolute Gasteiger partial charge is 0.289 e. The van der Waals surface area contributed by atoms with Crippen molar-refractivity contribution in [2.24, 2.45) is 0 Å². The first-order chi connectivity index (χ1) is 12.3. The maximum atomic E-state index is 12.8. The number of likely N-dealkylation sites (tertiary alicyclic amines) is 1. The first-order valence-corrected chi connectivity index (χ1v) is 8.74. The lowest BCUT2D eigenvalue weighted by Crippen LogP contribution is -2.33. The molecule has 0 aromatic carbocycles. The lowest BCUT2D eigenvalue weighted by atomic mass is 10.2. The second-order valence-corrected chi connectivity index (χ2v) is 6.33. The van der Waals surface area contributed by atoms with E-state index in [1.807, 2.05) is 18.2 Å². The molecule has 0 aliphatic carbocycles. The molecular formula is C19H25N3O3. The van der Waals surface area contributed by atoms with Crippen molar-refractivity contribution in [2.45, 2.75) is 25.9 Å². The Bertz CT molecular complexity index is 666. The van der Waals surface area contributed by atoms with Gasteiger partial charge in [0.05, 0.1) is 13.2 Å². The minimum atomic E-state index is -0.117. The Kier molecular flexibility index (Phi) is 6.19. The van der Waals surface area contributed by atoms with Gasteiger partial charge in [-0.3, -0.25) is 14.7 Å². The summed E-state index contributed by atoms with van der Waals surface area (Å²) in [7, 11) is 1.63. The van der Waals surface area contributed by atoms with Gasteiger partial charge >= 0.3 is 0 Å². The van der Waals surface area contributed by atoms with Crippen molar-refractivity contribution in [3.05, 3.63) is 53.7 Å². The molecule has 3 rings (SSSR count). The predicted octanol–water partition coefficient (Wildman–Crippen LogP) is 2.56. The van der Waals surface area contributed by atoms with Gasteiger partial charge in [-0.15, -0.1) is 0 Å². The molecule has 0 radical (unpaired) electrons. The molecule has 2 aromatic heterocycles. The molecule has 0 atom stereocenters. The monoisotopic (exact) mass is 343 g/mol. The van der Waals surface area contributed by atoms with Gasteiger partial charge in [-0.2, -0.15) is 0 Å². The number of hydrogen-bond donors (Lipinski definition) is 0. The molecule has 1 saturated heterocycles. The van der Waals surface area contributed by atoms with E-state index < -0.39 is 0 Å². The van der Waals surface area contributed by atoms with Crippen LogP contribution >= 0.6 is 0 Å². The van der Waals surface area contributed by atoms with E-state index in [0.717, 1.165) is 31.0 Å². The summed E-state index contributed by atoms with van der Waals surface area (Å²) in [6.45, 7) is 4.45. The highest BCUT2D eigenvalue weighted by Crippen LogP contribution is 2.17. The summed E-state index contributed by atoms with van der Waals surface area (Å²) in [5.41, 5.74) is 0.982. The van der Waals surface area contributed by atoms with Crippen LogP contribution in [0.4, 0.5) is 0 Å². The first kappa shape index (κ1) is 17.6. The molecule has 0 N–H and O–H groups in total. The van der Waals surface area contributed by atoms with Crippen LogP contribution < -0.4 is 0 Å². The molecule has 6 heteroatoms. The van der Waals surface area contributed by atoms with Crippen LogP contribution in [0.25, 0.3) is 0 Å². The van der Waals surface area contributed by atoms with E-state index in [2.05, 4.69) is 9.88 Å². The quantitative estimate of drug-likeness (QED) is 0.737. The number of methoxy groups -OCH3 is 1. The molecular weight excluding hydrogens is 318 g/mol. The number of aromatic nitrogens is 1. The SMILES string of the molecule is COCCN(Cc1cccnc1)C(=O)c1ccc(CN2CCCC2)o1. The number of rotatable bonds is 8. The Morgan fingerprint density at radius 2 is 2.16 bits per heavy atom. The highest BCUT2D eigenvalue weighted by molar-refractivity contribution is 5.91. The zero-order valence-corrected chi connectivity index (χ0v) is 14.7. The molecule has 0 unspecified atom stereocenters. The fourth-order valence-electron chi connectivity index (χ4n) is 3.06. The van der Waals surface area contributed by atoms with E-state index in [-0.39, 0.29) is 5.91 Å². The lowest BCUT2D eigenvalue weighted by molar-refractivity contribution is 0.0646. The second-order valence-electron chi connectivity index (χ2n) is 6.33. The number of pyridine rings is 1. The van der Waals surface area contributed by atoms with Crippen LogP contribution in [-0.2, 0) is 17.8 Å². The van der Waals surface area contributed by atoms with E-state index in [1.54, 1.807) is 30.5 Å². The molecule has 0 saturated carbocycles. The lowest BCUT2D eigenvalue weighted by Gasteiger charge is -2.21. The molecule has 25 heavy (non-hydrogen) atoms. The summed E-state index contributed by atoms with van der Waals surface area (Å²) in [5, 5.41) is 0. The summed E-state index contributed by atoms with van der Waals surface area (Å²) in [4.78, 5) is 21.0. The second kappa shape index (κ2) is 8.78. The maximum Gasteiger partial charge on any atom is 0.289 e. The Morgan fingerprint density at radius 1 is 1.32 bits per heavy atom. The van der Waals surface area contributed by atoms with Gasteiger partial charge in [-0.1, -0.05) is 6.07 Å². The summed E-state index contributed by atoms with van der Waals surface area (Å²) in [6.07, 6.45) is 5.97. The van der Waals surface area contributed by atoms with E-state index in [9.17, 15) is 4.79 Å². The third kappa shape index (κ3) is 4.90. The van der Waals surface area contributed by atoms with Gasteiger partial charge in [-0.25, -0.2) is 0 Å². The number of ether oxygens (including phenoxy) is 1. The van der Waals surface area contributed by atoms with Crippen molar-refractivity contribution in [1.29, 1.82) is 0 Å². The van der Waals surface area contributed by atoms with Gasteiger partial charge in [0.15, 0.2) is 5.76 Å². The van der Waals surface area contributed by atoms with Crippen molar-refractivity contribution < 1.29 is 13.9 Å². The van der Waals surface area contributed by atoms with Crippen LogP contribution in [0.5, 0.6) is 0 Å². The van der Waals surface area contributed by atoms with Gasteiger partial charge in [0.25, 0.3) is 5.91 Å². The van der Waals surface area contributed by atoms with Crippen LogP contribution in [0.2, 0.25) is 0 Å². The van der Waals surface area contributed by atoms with Crippen molar-refractivity contribution in [1.82, 2.24) is 14.8 Å². The van der Waals surface area contributed by atoms with Crippen LogP contribution in [0.15, 0.2) is 41.1 Å². The fraction of sp³-hybridized carbons (Fsp3) is 0.474. The number of furan rings is 1. The van der Waals surface area contributed by atoms with Gasteiger partial charge in [0, 0.05) is 32.6 Å². The molecule has 1 aliphatic heterocycles. The Labute approximate surface area is 148 Å². The van der Waals surface area contributed by atoms with Crippen molar-refractivity contribution in [2.75, 3.05) is 33.4 Å². The number of nitrogens with zero attached hydrogens (tertiary/aromatic N) is 3. The van der Waals surface area contributed by atoms with E-state index in [1.165, 1.54) is 12.8 Å². The Hall–Kier alpha value is -2.18. The molecule has 1 fully saturated rings. The van der Waals surface area contributed by atoms with Crippen molar-refractivity contribution in [3.8, 4) is 0 Å². The third-order valence-electron chi connectivity index (χ3n) is 4.40. The molecule has 1 amide bonds. The minimum absolute atomic E-state index is 0.117. The Balaban J connectivity index is 1.67. The van der Waals surface area contributed by atoms with E-state index >= 15 is 0 Å². The number of amides is 1. The first-order valence-electron chi connectivity index (χ1n) is 8.74. The summed E-state index contributed by atoms with van der Waals surface area (Å²) < 4.78 is 11.0. The summed E-state index contributed by atoms with van der Waals surface area (Å²) in [5.74, 6) is 1.11. The average molecular weight is 343 g/mol. The van der Waals surface area contributed by atoms with Crippen LogP contribution in [0.3, 0.4) is 0 Å². The normalized spacial score (nSPS) is 14.8. The van der Waals surface area contributed by atoms with Crippen molar-refractivity contribution in [3.63, 3.8) is 0 Å². The molecule has 134 valence electrons. The zero-order valence-electron chi connectivity index (χ0n) is 14.7. The van der Waals surface area contributed by atoms with E-state index in [4.69, 9.17) is 9.15 Å². The van der Waals surface area contributed by atoms with E-state index in [0.29, 0.717) is 25.5 Å². The van der Waals surface area contributed by atoms with Gasteiger partial charge in [-0.05, 0) is 49.7 Å². The standard InChI is InChI=1S/C19H25N3O3/c1-24-12-11-22(14-16-5-4-8-20-13-16)19(23)18-7-6-17(25-18)15-21-9-2-3-10-21/h4-8,13H,2-3,9-12,14-15H2,1H3. The van der Waals surface area contributed by atoms with Crippen LogP contribution in [0, 0.1) is 0 Å². The van der Waals surface area contributed by atoms with Gasteiger partial charge in [0.1, 0.15) is 5.76 Å². The van der Waals surface area contributed by atoms with Crippen LogP contribution in [0.1, 0.15) is 34.7 Å². The molecule has 0 bridgehead atoms. The molecule has 0 spiro atoms. The van der Waals surface area contributed by atoms with Gasteiger partial charge in [0.2, 0.25) is 0 Å². The zero-order chi connectivity index (χ0) is 17.5. The number of carbonyl (C=O) groups is 1. The minimum Gasteiger partial charge on any atom is -0.455 e. The van der Waals surface area contributed by atoms with Crippen LogP contribution in [-0.4, -0.2) is 54.0 Å². The summed E-state index contributed by atoms with van der Waals surface area (Å²) in [6, 6.07) is 7.51. The average Bonchev–Trinajstić information content (AvgIpc) is 3.31. The predicted molar refractivity (Wildman–Crippen MR) is 94.1 cm³/mol.